The van der Waals surface area contributed by atoms with Crippen LogP contribution >= 0.6 is 7.82 Å². The van der Waals surface area contributed by atoms with Crippen molar-refractivity contribution in [1.82, 2.24) is 0 Å². The molecule has 52 heavy (non-hydrogen) atoms. The van der Waals surface area contributed by atoms with Gasteiger partial charge >= 0.3 is 19.8 Å². The van der Waals surface area contributed by atoms with E-state index in [-0.39, 0.29) is 19.4 Å². The van der Waals surface area contributed by atoms with Gasteiger partial charge in [0.05, 0.1) is 6.61 Å². The lowest BCUT2D eigenvalue weighted by Crippen LogP contribution is -2.29. The van der Waals surface area contributed by atoms with Crippen LogP contribution in [0.1, 0.15) is 232 Å². The number of esters is 2. The summed E-state index contributed by atoms with van der Waals surface area (Å²) in [5.74, 6) is -0.881. The second-order valence-electron chi connectivity index (χ2n) is 15.0. The normalized spacial score (nSPS) is 12.5. The van der Waals surface area contributed by atoms with Crippen LogP contribution in [0.2, 0.25) is 0 Å². The van der Waals surface area contributed by atoms with Crippen molar-refractivity contribution in [2.45, 2.75) is 238 Å². The zero-order valence-electron chi connectivity index (χ0n) is 34.0. The van der Waals surface area contributed by atoms with Gasteiger partial charge in [-0.05, 0) is 38.5 Å². The molecule has 0 aliphatic rings. The number of rotatable bonds is 41. The molecular weight excluding hydrogens is 675 g/mol. The third-order valence-corrected chi connectivity index (χ3v) is 10.3. The average molecular weight is 759 g/mol. The van der Waals surface area contributed by atoms with Crippen molar-refractivity contribution in [2.24, 2.45) is 0 Å². The predicted octanol–water partition coefficient (Wildman–Crippen LogP) is 13.4. The maximum atomic E-state index is 12.4. The molecule has 9 heteroatoms. The molecule has 0 fully saturated rings. The number of hydrogen-bond donors (Lipinski definition) is 2. The van der Waals surface area contributed by atoms with E-state index in [0.717, 1.165) is 51.4 Å². The molecule has 8 nitrogen and oxygen atoms in total. The molecule has 0 amide bonds. The van der Waals surface area contributed by atoms with Gasteiger partial charge in [-0.3, -0.25) is 14.1 Å². The van der Waals surface area contributed by atoms with E-state index in [9.17, 15) is 14.2 Å². The molecule has 0 saturated heterocycles. The summed E-state index contributed by atoms with van der Waals surface area (Å²) in [5, 5.41) is 0. The van der Waals surface area contributed by atoms with Gasteiger partial charge < -0.3 is 19.3 Å². The molecule has 0 saturated carbocycles. The van der Waals surface area contributed by atoms with Crippen molar-refractivity contribution < 1.29 is 37.9 Å². The first-order chi connectivity index (χ1) is 25.3. The van der Waals surface area contributed by atoms with E-state index < -0.39 is 32.5 Å². The van der Waals surface area contributed by atoms with E-state index in [1.54, 1.807) is 0 Å². The van der Waals surface area contributed by atoms with E-state index in [1.165, 1.54) is 148 Å². The van der Waals surface area contributed by atoms with E-state index in [2.05, 4.69) is 30.5 Å². The lowest BCUT2D eigenvalue weighted by molar-refractivity contribution is -0.161. The number of carbonyl (C=O) groups is 2. The highest BCUT2D eigenvalue weighted by Crippen LogP contribution is 2.36. The molecule has 0 unspecified atom stereocenters. The van der Waals surface area contributed by atoms with Crippen LogP contribution in [0.15, 0.2) is 12.2 Å². The fraction of sp³-hybridized carbons (Fsp3) is 0.907. The Balaban J connectivity index is 3.85. The maximum absolute atomic E-state index is 12.4. The van der Waals surface area contributed by atoms with Gasteiger partial charge in [0.15, 0.2) is 6.10 Å². The SMILES string of the molecule is CCCCCCCC/C=C/CCCCCCCC(=O)O[C@H](COC(=O)CCCCCCCCCCCCCCCCCCCCC)COP(=O)(O)O. The zero-order chi connectivity index (χ0) is 38.2. The standard InChI is InChI=1S/C43H83O8P/c1-3-5-7-9-11-13-15-17-19-20-21-22-24-25-27-29-31-33-35-37-42(44)49-39-41(40-50-52(46,47)48)51-43(45)38-36-34-32-30-28-26-23-18-16-14-12-10-8-6-4-2/h18,23,41H,3-17,19-22,24-40H2,1-2H3,(H2,46,47,48)/b23-18+/t41-/m1/s1. The predicted molar refractivity (Wildman–Crippen MR) is 216 cm³/mol. The third-order valence-electron chi connectivity index (χ3n) is 9.78. The van der Waals surface area contributed by atoms with Gasteiger partial charge in [0, 0.05) is 12.8 Å². The molecule has 0 spiro atoms. The van der Waals surface area contributed by atoms with Crippen LogP contribution < -0.4 is 0 Å². The molecule has 2 N–H and O–H groups in total. The van der Waals surface area contributed by atoms with Crippen molar-refractivity contribution in [3.05, 3.63) is 12.2 Å². The monoisotopic (exact) mass is 759 g/mol. The highest BCUT2D eigenvalue weighted by Gasteiger charge is 2.22. The van der Waals surface area contributed by atoms with Crippen molar-refractivity contribution in [2.75, 3.05) is 13.2 Å². The van der Waals surface area contributed by atoms with Crippen LogP contribution in [0.3, 0.4) is 0 Å². The largest absolute Gasteiger partial charge is 0.469 e. The summed E-state index contributed by atoms with van der Waals surface area (Å²) in [5.41, 5.74) is 0. The fourth-order valence-electron chi connectivity index (χ4n) is 6.49. The highest BCUT2D eigenvalue weighted by molar-refractivity contribution is 7.46. The fourth-order valence-corrected chi connectivity index (χ4v) is 6.85. The minimum Gasteiger partial charge on any atom is -0.462 e. The van der Waals surface area contributed by atoms with Gasteiger partial charge in [-0.15, -0.1) is 0 Å². The van der Waals surface area contributed by atoms with E-state index >= 15 is 0 Å². The van der Waals surface area contributed by atoms with Crippen LogP contribution in [0.25, 0.3) is 0 Å². The highest BCUT2D eigenvalue weighted by atomic mass is 31.2. The van der Waals surface area contributed by atoms with Gasteiger partial charge in [0.1, 0.15) is 6.61 Å². The van der Waals surface area contributed by atoms with E-state index in [0.29, 0.717) is 6.42 Å². The molecule has 0 aliphatic carbocycles. The Kier molecular flexibility index (Phi) is 38.6. The molecule has 0 aromatic rings. The Morgan fingerprint density at radius 3 is 1.17 bits per heavy atom. The minimum atomic E-state index is -4.75. The summed E-state index contributed by atoms with van der Waals surface area (Å²) < 4.78 is 26.4. The van der Waals surface area contributed by atoms with Crippen LogP contribution in [-0.4, -0.2) is 41.0 Å². The molecule has 0 bridgehead atoms. The van der Waals surface area contributed by atoms with Crippen molar-refractivity contribution in [1.29, 1.82) is 0 Å². The van der Waals surface area contributed by atoms with E-state index in [4.69, 9.17) is 19.3 Å². The second-order valence-corrected chi connectivity index (χ2v) is 16.3. The van der Waals surface area contributed by atoms with Gasteiger partial charge in [-0.1, -0.05) is 193 Å². The summed E-state index contributed by atoms with van der Waals surface area (Å²) in [4.78, 5) is 42.9. The number of phosphoric acid groups is 1. The summed E-state index contributed by atoms with van der Waals surface area (Å²) in [6.45, 7) is 3.70. The Hall–Kier alpha value is -1.21. The molecule has 0 heterocycles. The Labute approximate surface area is 320 Å². The number of ether oxygens (including phenoxy) is 2. The first-order valence-electron chi connectivity index (χ1n) is 22.0. The number of phosphoric ester groups is 1. The van der Waals surface area contributed by atoms with Gasteiger partial charge in [0.2, 0.25) is 0 Å². The Bertz CT molecular complexity index is 858. The Morgan fingerprint density at radius 2 is 0.808 bits per heavy atom. The van der Waals surface area contributed by atoms with Crippen LogP contribution in [0, 0.1) is 0 Å². The molecule has 1 atom stereocenters. The lowest BCUT2D eigenvalue weighted by atomic mass is 10.0. The topological polar surface area (TPSA) is 119 Å². The van der Waals surface area contributed by atoms with Crippen molar-refractivity contribution >= 4 is 19.8 Å². The van der Waals surface area contributed by atoms with Crippen LogP contribution in [-0.2, 0) is 28.2 Å². The van der Waals surface area contributed by atoms with Crippen molar-refractivity contribution in [3.63, 3.8) is 0 Å². The summed E-state index contributed by atoms with van der Waals surface area (Å²) in [6, 6.07) is 0. The second kappa shape index (κ2) is 39.5. The van der Waals surface area contributed by atoms with Gasteiger partial charge in [0.25, 0.3) is 0 Å². The quantitative estimate of drug-likeness (QED) is 0.0274. The van der Waals surface area contributed by atoms with E-state index in [1.807, 2.05) is 0 Å². The molecule has 308 valence electrons. The van der Waals surface area contributed by atoms with Crippen LogP contribution in [0.4, 0.5) is 0 Å². The summed E-state index contributed by atoms with van der Waals surface area (Å²) in [6.07, 6.45) is 43.6. The smallest absolute Gasteiger partial charge is 0.462 e. The number of unbranched alkanes of at least 4 members (excludes halogenated alkanes) is 29. The number of carbonyl (C=O) groups excluding carboxylic acids is 2. The third kappa shape index (κ3) is 41.5. The molecule has 0 rings (SSSR count). The summed E-state index contributed by atoms with van der Waals surface area (Å²) >= 11 is 0. The first-order valence-corrected chi connectivity index (χ1v) is 23.5. The van der Waals surface area contributed by atoms with Crippen molar-refractivity contribution in [3.8, 4) is 0 Å². The molecule has 0 radical (unpaired) electrons. The lowest BCUT2D eigenvalue weighted by Gasteiger charge is -2.18. The van der Waals surface area contributed by atoms with Gasteiger partial charge in [-0.25, -0.2) is 4.57 Å². The van der Waals surface area contributed by atoms with Gasteiger partial charge in [-0.2, -0.15) is 0 Å². The maximum Gasteiger partial charge on any atom is 0.469 e. The van der Waals surface area contributed by atoms with Crippen LogP contribution in [0.5, 0.6) is 0 Å². The average Bonchev–Trinajstić information content (AvgIpc) is 3.11. The molecule has 0 aromatic carbocycles. The molecular formula is C43H83O8P. The summed E-state index contributed by atoms with van der Waals surface area (Å²) in [7, 11) is -4.75. The first kappa shape index (κ1) is 50.8. The minimum absolute atomic E-state index is 0.206. The number of allylic oxidation sites excluding steroid dienone is 2. The molecule has 0 aromatic heterocycles. The number of hydrogen-bond acceptors (Lipinski definition) is 6. The molecule has 0 aliphatic heterocycles. The Morgan fingerprint density at radius 1 is 0.481 bits per heavy atom. The zero-order valence-corrected chi connectivity index (χ0v) is 34.9.